The van der Waals surface area contributed by atoms with Gasteiger partial charge in [-0.25, -0.2) is 13.1 Å². The third kappa shape index (κ3) is 5.03. The molecule has 0 aliphatic carbocycles. The SMILES string of the molecule is C[C@@H](OC[C@H]1CCCCO1)C(=O)NS(=O)(=O)c1cccc(C#N)c1. The molecule has 2 rings (SSSR count). The Kier molecular flexibility index (Phi) is 6.31. The molecule has 130 valence electrons. The lowest BCUT2D eigenvalue weighted by Gasteiger charge is -2.23. The fraction of sp³-hybridized carbons (Fsp3) is 0.500. The number of rotatable bonds is 6. The van der Waals surface area contributed by atoms with Crippen LogP contribution in [-0.4, -0.2) is 39.7 Å². The van der Waals surface area contributed by atoms with E-state index < -0.39 is 22.0 Å². The molecule has 1 fully saturated rings. The molecule has 0 radical (unpaired) electrons. The summed E-state index contributed by atoms with van der Waals surface area (Å²) in [5.74, 6) is -0.756. The molecule has 0 saturated carbocycles. The summed E-state index contributed by atoms with van der Waals surface area (Å²) in [4.78, 5) is 11.9. The van der Waals surface area contributed by atoms with Crippen molar-refractivity contribution >= 4 is 15.9 Å². The number of nitrogens with one attached hydrogen (secondary N) is 1. The minimum atomic E-state index is -4.04. The van der Waals surface area contributed by atoms with Gasteiger partial charge in [-0.1, -0.05) is 6.07 Å². The fourth-order valence-corrected chi connectivity index (χ4v) is 3.36. The highest BCUT2D eigenvalue weighted by atomic mass is 32.2. The van der Waals surface area contributed by atoms with Crippen LogP contribution in [0, 0.1) is 11.3 Å². The van der Waals surface area contributed by atoms with Crippen molar-refractivity contribution in [3.63, 3.8) is 0 Å². The van der Waals surface area contributed by atoms with Crippen LogP contribution >= 0.6 is 0 Å². The summed E-state index contributed by atoms with van der Waals surface area (Å²) in [6.07, 6.45) is 1.96. The molecule has 0 aromatic heterocycles. The first-order valence-electron chi connectivity index (χ1n) is 7.72. The lowest BCUT2D eigenvalue weighted by Crippen LogP contribution is -2.40. The van der Waals surface area contributed by atoms with Crippen molar-refractivity contribution < 1.29 is 22.7 Å². The van der Waals surface area contributed by atoms with Crippen LogP contribution in [0.15, 0.2) is 29.2 Å². The van der Waals surface area contributed by atoms with E-state index in [1.807, 2.05) is 10.8 Å². The Labute approximate surface area is 141 Å². The monoisotopic (exact) mass is 352 g/mol. The van der Waals surface area contributed by atoms with Gasteiger partial charge in [0.05, 0.1) is 29.2 Å². The topological polar surface area (TPSA) is 105 Å². The van der Waals surface area contributed by atoms with Crippen molar-refractivity contribution in [3.05, 3.63) is 29.8 Å². The van der Waals surface area contributed by atoms with Crippen LogP contribution in [0.5, 0.6) is 0 Å². The van der Waals surface area contributed by atoms with Gasteiger partial charge in [-0.3, -0.25) is 4.79 Å². The quantitative estimate of drug-likeness (QED) is 0.828. The van der Waals surface area contributed by atoms with E-state index in [0.717, 1.165) is 19.3 Å². The minimum Gasteiger partial charge on any atom is -0.376 e. The molecule has 1 aromatic rings. The van der Waals surface area contributed by atoms with Gasteiger partial charge in [0.1, 0.15) is 6.10 Å². The van der Waals surface area contributed by atoms with Crippen LogP contribution in [0.1, 0.15) is 31.7 Å². The number of hydrogen-bond donors (Lipinski definition) is 1. The maximum Gasteiger partial charge on any atom is 0.264 e. The molecule has 1 aliphatic rings. The Hall–Kier alpha value is -1.95. The van der Waals surface area contributed by atoms with Crippen molar-refractivity contribution in [2.24, 2.45) is 0 Å². The summed E-state index contributed by atoms with van der Waals surface area (Å²) in [6, 6.07) is 7.30. The Morgan fingerprint density at radius 2 is 2.29 bits per heavy atom. The molecule has 8 heteroatoms. The molecule has 0 unspecified atom stereocenters. The molecule has 7 nitrogen and oxygen atoms in total. The zero-order valence-electron chi connectivity index (χ0n) is 13.4. The largest absolute Gasteiger partial charge is 0.376 e. The summed E-state index contributed by atoms with van der Waals surface area (Å²) in [6.45, 7) is 2.41. The van der Waals surface area contributed by atoms with E-state index in [0.29, 0.717) is 6.61 Å². The van der Waals surface area contributed by atoms with Crippen molar-refractivity contribution in [3.8, 4) is 6.07 Å². The van der Waals surface area contributed by atoms with Gasteiger partial charge in [0, 0.05) is 6.61 Å². The maximum absolute atomic E-state index is 12.2. The molecule has 2 atom stereocenters. The zero-order chi connectivity index (χ0) is 17.6. The number of nitrogens with zero attached hydrogens (tertiary/aromatic N) is 1. The van der Waals surface area contributed by atoms with Gasteiger partial charge < -0.3 is 9.47 Å². The van der Waals surface area contributed by atoms with E-state index in [4.69, 9.17) is 14.7 Å². The van der Waals surface area contributed by atoms with Gasteiger partial charge >= 0.3 is 0 Å². The van der Waals surface area contributed by atoms with Crippen LogP contribution in [-0.2, 0) is 24.3 Å². The van der Waals surface area contributed by atoms with Crippen LogP contribution in [0.2, 0.25) is 0 Å². The summed E-state index contributed by atoms with van der Waals surface area (Å²) in [5, 5.41) is 8.83. The molecule has 1 N–H and O–H groups in total. The highest BCUT2D eigenvalue weighted by Crippen LogP contribution is 2.14. The Morgan fingerprint density at radius 1 is 1.50 bits per heavy atom. The Morgan fingerprint density at radius 3 is 2.96 bits per heavy atom. The second kappa shape index (κ2) is 8.24. The fourth-order valence-electron chi connectivity index (χ4n) is 2.27. The van der Waals surface area contributed by atoms with Crippen LogP contribution in [0.25, 0.3) is 0 Å². The van der Waals surface area contributed by atoms with Gasteiger partial charge in [0.2, 0.25) is 0 Å². The number of hydrogen-bond acceptors (Lipinski definition) is 6. The van der Waals surface area contributed by atoms with Gasteiger partial charge in [-0.15, -0.1) is 0 Å². The number of amides is 1. The zero-order valence-corrected chi connectivity index (χ0v) is 14.2. The molecular weight excluding hydrogens is 332 g/mol. The van der Waals surface area contributed by atoms with Crippen LogP contribution < -0.4 is 4.72 Å². The second-order valence-electron chi connectivity index (χ2n) is 5.57. The lowest BCUT2D eigenvalue weighted by atomic mass is 10.1. The van der Waals surface area contributed by atoms with Gasteiger partial charge in [0.15, 0.2) is 0 Å². The predicted octanol–water partition coefficient (Wildman–Crippen LogP) is 1.34. The molecule has 0 spiro atoms. The molecule has 1 heterocycles. The summed E-state index contributed by atoms with van der Waals surface area (Å²) >= 11 is 0. The van der Waals surface area contributed by atoms with Gasteiger partial charge in [-0.05, 0) is 44.4 Å². The van der Waals surface area contributed by atoms with Crippen molar-refractivity contribution in [2.75, 3.05) is 13.2 Å². The molecule has 1 aliphatic heterocycles. The average molecular weight is 352 g/mol. The Bertz CT molecular complexity index is 720. The molecule has 1 aromatic carbocycles. The smallest absolute Gasteiger partial charge is 0.264 e. The summed E-state index contributed by atoms with van der Waals surface area (Å²) in [5.41, 5.74) is 0.198. The van der Waals surface area contributed by atoms with E-state index in [1.54, 1.807) is 0 Å². The van der Waals surface area contributed by atoms with E-state index in [-0.39, 0.29) is 23.2 Å². The van der Waals surface area contributed by atoms with E-state index in [1.165, 1.54) is 31.2 Å². The number of nitriles is 1. The summed E-state index contributed by atoms with van der Waals surface area (Å²) < 4.78 is 37.3. The first kappa shape index (κ1) is 18.4. The first-order valence-corrected chi connectivity index (χ1v) is 9.21. The number of benzene rings is 1. The lowest BCUT2D eigenvalue weighted by molar-refractivity contribution is -0.133. The van der Waals surface area contributed by atoms with Gasteiger partial charge in [0.25, 0.3) is 15.9 Å². The Balaban J connectivity index is 1.92. The second-order valence-corrected chi connectivity index (χ2v) is 7.26. The molecule has 1 amide bonds. The maximum atomic E-state index is 12.2. The standard InChI is InChI=1S/C16H20N2O5S/c1-12(23-11-14-6-2-3-8-22-14)16(19)18-24(20,21)15-7-4-5-13(9-15)10-17/h4-5,7,9,12,14H,2-3,6,8,11H2,1H3,(H,18,19)/t12-,14-/m1/s1. The van der Waals surface area contributed by atoms with Crippen molar-refractivity contribution in [1.29, 1.82) is 5.26 Å². The van der Waals surface area contributed by atoms with E-state index in [2.05, 4.69) is 0 Å². The molecule has 1 saturated heterocycles. The van der Waals surface area contributed by atoms with Crippen LogP contribution in [0.4, 0.5) is 0 Å². The van der Waals surface area contributed by atoms with Crippen molar-refractivity contribution in [2.45, 2.75) is 43.3 Å². The molecule has 24 heavy (non-hydrogen) atoms. The molecular formula is C16H20N2O5S. The first-order chi connectivity index (χ1) is 11.4. The third-order valence-electron chi connectivity index (χ3n) is 3.68. The van der Waals surface area contributed by atoms with E-state index in [9.17, 15) is 13.2 Å². The third-order valence-corrected chi connectivity index (χ3v) is 5.03. The summed E-state index contributed by atoms with van der Waals surface area (Å²) in [7, 11) is -4.04. The van der Waals surface area contributed by atoms with Crippen molar-refractivity contribution in [1.82, 2.24) is 4.72 Å². The highest BCUT2D eigenvalue weighted by Gasteiger charge is 2.24. The minimum absolute atomic E-state index is 0.0575. The molecule has 0 bridgehead atoms. The highest BCUT2D eigenvalue weighted by molar-refractivity contribution is 7.90. The van der Waals surface area contributed by atoms with E-state index >= 15 is 0 Å². The predicted molar refractivity (Wildman–Crippen MR) is 85.5 cm³/mol. The number of carbonyl (C=O) groups excluding carboxylic acids is 1. The number of ether oxygens (including phenoxy) is 2. The average Bonchev–Trinajstić information content (AvgIpc) is 2.60. The number of carbonyl (C=O) groups is 1. The van der Waals surface area contributed by atoms with Crippen LogP contribution in [0.3, 0.4) is 0 Å². The normalized spacial score (nSPS) is 19.2. The number of sulfonamides is 1. The van der Waals surface area contributed by atoms with Gasteiger partial charge in [-0.2, -0.15) is 5.26 Å².